The monoisotopic (exact) mass is 258 g/mol. The second-order valence-electron chi connectivity index (χ2n) is 5.03. The number of aromatic nitrogens is 2. The molecule has 0 radical (unpaired) electrons. The zero-order chi connectivity index (χ0) is 13.2. The average molecular weight is 258 g/mol. The van der Waals surface area contributed by atoms with Gasteiger partial charge in [0.2, 0.25) is 5.89 Å². The molecule has 100 valence electrons. The van der Waals surface area contributed by atoms with E-state index in [-0.39, 0.29) is 0 Å². The summed E-state index contributed by atoms with van der Waals surface area (Å²) in [5, 5.41) is 11.5. The first kappa shape index (κ1) is 12.2. The van der Waals surface area contributed by atoms with Gasteiger partial charge in [-0.2, -0.15) is 0 Å². The molecule has 1 saturated carbocycles. The molecule has 19 heavy (non-hydrogen) atoms. The summed E-state index contributed by atoms with van der Waals surface area (Å²) >= 11 is 0. The van der Waals surface area contributed by atoms with Gasteiger partial charge in [-0.05, 0) is 37.5 Å². The quantitative estimate of drug-likeness (QED) is 0.892. The minimum Gasteiger partial charge on any atom is -0.406 e. The van der Waals surface area contributed by atoms with Gasteiger partial charge >= 0.3 is 6.01 Å². The van der Waals surface area contributed by atoms with Gasteiger partial charge in [0.05, 0.1) is 6.54 Å². The van der Waals surface area contributed by atoms with E-state index in [1.54, 1.807) is 0 Å². The molecule has 1 heterocycles. The molecule has 1 aromatic heterocycles. The Kier molecular flexibility index (Phi) is 3.21. The lowest BCUT2D eigenvalue weighted by Gasteiger charge is -2.14. The van der Waals surface area contributed by atoms with Crippen LogP contribution in [-0.2, 0) is 6.54 Å². The molecule has 1 N–H and O–H groups in total. The summed E-state index contributed by atoms with van der Waals surface area (Å²) in [4.78, 5) is 1.90. The molecule has 0 unspecified atom stereocenters. The summed E-state index contributed by atoms with van der Waals surface area (Å²) in [5.74, 6) is 0.640. The molecule has 2 aromatic rings. The highest BCUT2D eigenvalue weighted by Gasteiger charge is 2.21. The first-order valence-electron chi connectivity index (χ1n) is 6.58. The van der Waals surface area contributed by atoms with E-state index in [0.717, 1.165) is 5.69 Å². The molecule has 0 atom stereocenters. The van der Waals surface area contributed by atoms with E-state index < -0.39 is 0 Å². The lowest BCUT2D eigenvalue weighted by molar-refractivity contribution is 0.471. The summed E-state index contributed by atoms with van der Waals surface area (Å²) in [6, 6.07) is 9.37. The maximum absolute atomic E-state index is 5.66. The molecular formula is C14H18N4O. The maximum Gasteiger partial charge on any atom is 0.322 e. The van der Waals surface area contributed by atoms with Crippen LogP contribution >= 0.6 is 0 Å². The van der Waals surface area contributed by atoms with Gasteiger partial charge in [-0.3, -0.25) is 4.90 Å². The second-order valence-corrected chi connectivity index (χ2v) is 5.03. The fraction of sp³-hybridized carbons (Fsp3) is 0.429. The molecule has 1 fully saturated rings. The lowest BCUT2D eigenvalue weighted by Crippen LogP contribution is -2.15. The van der Waals surface area contributed by atoms with Crippen molar-refractivity contribution in [2.45, 2.75) is 32.4 Å². The van der Waals surface area contributed by atoms with Gasteiger partial charge in [0.15, 0.2) is 0 Å². The van der Waals surface area contributed by atoms with Crippen molar-refractivity contribution in [1.82, 2.24) is 15.5 Å². The Morgan fingerprint density at radius 3 is 2.95 bits per heavy atom. The number of rotatable bonds is 5. The Morgan fingerprint density at radius 2 is 2.21 bits per heavy atom. The van der Waals surface area contributed by atoms with Crippen molar-refractivity contribution in [1.29, 1.82) is 0 Å². The predicted octanol–water partition coefficient (Wildman–Crippen LogP) is 2.40. The van der Waals surface area contributed by atoms with Crippen molar-refractivity contribution in [3.63, 3.8) is 0 Å². The number of nitrogens with one attached hydrogen (secondary N) is 1. The Bertz CT molecular complexity index is 562. The molecule has 0 saturated heterocycles. The van der Waals surface area contributed by atoms with Gasteiger partial charge in [0.1, 0.15) is 0 Å². The van der Waals surface area contributed by atoms with Crippen LogP contribution in [0.25, 0.3) is 0 Å². The molecular weight excluding hydrogens is 240 g/mol. The number of hydrogen-bond donors (Lipinski definition) is 1. The topological polar surface area (TPSA) is 54.2 Å². The van der Waals surface area contributed by atoms with E-state index in [1.165, 1.54) is 18.4 Å². The van der Waals surface area contributed by atoms with Crippen molar-refractivity contribution in [2.24, 2.45) is 0 Å². The average Bonchev–Trinajstić information content (AvgIpc) is 3.13. The van der Waals surface area contributed by atoms with Gasteiger partial charge in [-0.15, -0.1) is 5.10 Å². The van der Waals surface area contributed by atoms with Gasteiger partial charge in [-0.25, -0.2) is 0 Å². The van der Waals surface area contributed by atoms with Crippen LogP contribution in [-0.4, -0.2) is 23.3 Å². The Morgan fingerprint density at radius 1 is 1.37 bits per heavy atom. The number of aryl methyl sites for hydroxylation is 1. The molecule has 0 bridgehead atoms. The maximum atomic E-state index is 5.66. The number of nitrogens with zero attached hydrogens (tertiary/aromatic N) is 3. The van der Waals surface area contributed by atoms with Gasteiger partial charge in [0, 0.05) is 18.8 Å². The van der Waals surface area contributed by atoms with E-state index in [9.17, 15) is 0 Å². The fourth-order valence-corrected chi connectivity index (χ4v) is 1.92. The van der Waals surface area contributed by atoms with Crippen LogP contribution in [0.1, 0.15) is 24.3 Å². The number of anilines is 2. The lowest BCUT2D eigenvalue weighted by atomic mass is 10.2. The molecule has 1 aliphatic rings. The van der Waals surface area contributed by atoms with E-state index in [0.29, 0.717) is 24.5 Å². The van der Waals surface area contributed by atoms with Crippen molar-refractivity contribution in [3.05, 3.63) is 35.7 Å². The largest absolute Gasteiger partial charge is 0.406 e. The summed E-state index contributed by atoms with van der Waals surface area (Å²) in [6.45, 7) is 2.72. The Labute approximate surface area is 112 Å². The van der Waals surface area contributed by atoms with Gasteiger partial charge in [-0.1, -0.05) is 17.2 Å². The van der Waals surface area contributed by atoms with Crippen LogP contribution < -0.4 is 10.2 Å². The molecule has 1 aliphatic carbocycles. The van der Waals surface area contributed by atoms with Crippen LogP contribution in [0.5, 0.6) is 0 Å². The van der Waals surface area contributed by atoms with Crippen molar-refractivity contribution in [2.75, 3.05) is 11.9 Å². The summed E-state index contributed by atoms with van der Waals surface area (Å²) in [7, 11) is 1.93. The third-order valence-corrected chi connectivity index (χ3v) is 3.25. The molecule has 5 nitrogen and oxygen atoms in total. The molecule has 3 rings (SSSR count). The first-order chi connectivity index (χ1) is 9.22. The third kappa shape index (κ3) is 2.93. The van der Waals surface area contributed by atoms with Gasteiger partial charge < -0.3 is 9.73 Å². The number of hydrogen-bond acceptors (Lipinski definition) is 5. The normalized spacial score (nSPS) is 14.6. The predicted molar refractivity (Wildman–Crippen MR) is 73.4 cm³/mol. The van der Waals surface area contributed by atoms with Crippen LogP contribution in [0.2, 0.25) is 0 Å². The zero-order valence-corrected chi connectivity index (χ0v) is 11.3. The molecule has 5 heteroatoms. The fourth-order valence-electron chi connectivity index (χ4n) is 1.92. The first-order valence-corrected chi connectivity index (χ1v) is 6.58. The summed E-state index contributed by atoms with van der Waals surface area (Å²) in [5.41, 5.74) is 2.25. The summed E-state index contributed by atoms with van der Waals surface area (Å²) in [6.07, 6.45) is 2.51. The minimum absolute atomic E-state index is 0.526. The van der Waals surface area contributed by atoms with Crippen LogP contribution in [0.4, 0.5) is 11.7 Å². The Hall–Kier alpha value is -1.88. The van der Waals surface area contributed by atoms with E-state index in [2.05, 4.69) is 34.6 Å². The van der Waals surface area contributed by atoms with Crippen LogP contribution in [0.15, 0.2) is 28.7 Å². The van der Waals surface area contributed by atoms with Crippen molar-refractivity contribution in [3.8, 4) is 0 Å². The second kappa shape index (κ2) is 5.01. The molecule has 0 spiro atoms. The smallest absolute Gasteiger partial charge is 0.322 e. The van der Waals surface area contributed by atoms with Crippen LogP contribution in [0.3, 0.4) is 0 Å². The minimum atomic E-state index is 0.526. The summed E-state index contributed by atoms with van der Waals surface area (Å²) < 4.78 is 5.66. The van der Waals surface area contributed by atoms with Crippen LogP contribution in [0, 0.1) is 6.92 Å². The van der Waals surface area contributed by atoms with Gasteiger partial charge in [0.25, 0.3) is 0 Å². The van der Waals surface area contributed by atoms with Crippen molar-refractivity contribution >= 4 is 11.7 Å². The van der Waals surface area contributed by atoms with E-state index in [1.807, 2.05) is 24.1 Å². The molecule has 1 aromatic carbocycles. The van der Waals surface area contributed by atoms with Crippen molar-refractivity contribution < 1.29 is 4.42 Å². The zero-order valence-electron chi connectivity index (χ0n) is 11.3. The molecule has 0 aliphatic heterocycles. The standard InChI is InChI=1S/C14H18N4O/c1-10-4-3-5-12(8-10)18(2)14-17-16-13(19-14)9-15-11-6-7-11/h3-5,8,11,15H,6-7,9H2,1-2H3. The molecule has 0 amide bonds. The van der Waals surface area contributed by atoms with E-state index in [4.69, 9.17) is 4.42 Å². The number of benzene rings is 1. The Balaban J connectivity index is 1.70. The highest BCUT2D eigenvalue weighted by Crippen LogP contribution is 2.23. The highest BCUT2D eigenvalue weighted by atomic mass is 16.4. The SMILES string of the molecule is Cc1cccc(N(C)c2nnc(CNC3CC3)o2)c1. The van der Waals surface area contributed by atoms with E-state index >= 15 is 0 Å². The highest BCUT2D eigenvalue weighted by molar-refractivity contribution is 5.55. The third-order valence-electron chi connectivity index (χ3n) is 3.25.